The van der Waals surface area contributed by atoms with Gasteiger partial charge in [-0.3, -0.25) is 14.4 Å². The minimum absolute atomic E-state index is 0.0370. The van der Waals surface area contributed by atoms with Crippen LogP contribution in [0, 0.1) is 5.92 Å². The number of rotatable bonds is 17. The molecule has 1 aliphatic carbocycles. The van der Waals surface area contributed by atoms with E-state index in [9.17, 15) is 14.4 Å². The zero-order chi connectivity index (χ0) is 23.0. The van der Waals surface area contributed by atoms with Crippen LogP contribution in [0.3, 0.4) is 0 Å². The maximum Gasteiger partial charge on any atom is 0.305 e. The van der Waals surface area contributed by atoms with Gasteiger partial charge in [0.15, 0.2) is 0 Å². The Morgan fingerprint density at radius 3 is 2.52 bits per heavy atom. The summed E-state index contributed by atoms with van der Waals surface area (Å²) < 4.78 is 10.6. The van der Waals surface area contributed by atoms with Gasteiger partial charge in [0.25, 0.3) is 0 Å². The van der Waals surface area contributed by atoms with Gasteiger partial charge in [-0.1, -0.05) is 25.0 Å². The number of ether oxygens (including phenoxy) is 2. The molecule has 2 amide bonds. The molecule has 1 aliphatic rings. The molecule has 0 aliphatic heterocycles. The molecule has 0 aromatic rings. The zero-order valence-electron chi connectivity index (χ0n) is 18.5. The molecule has 8 nitrogen and oxygen atoms in total. The van der Waals surface area contributed by atoms with E-state index in [4.69, 9.17) is 14.6 Å². The van der Waals surface area contributed by atoms with Crippen molar-refractivity contribution in [3.63, 3.8) is 0 Å². The Bertz CT molecular complexity index is 587. The van der Waals surface area contributed by atoms with Crippen LogP contribution in [-0.2, 0) is 23.9 Å². The summed E-state index contributed by atoms with van der Waals surface area (Å²) in [6, 6.07) is 0. The maximum absolute atomic E-state index is 13.0. The van der Waals surface area contributed by atoms with Crippen LogP contribution in [0.2, 0.25) is 0 Å². The summed E-state index contributed by atoms with van der Waals surface area (Å²) in [5.41, 5.74) is -0.570. The highest BCUT2D eigenvalue weighted by Gasteiger charge is 2.38. The van der Waals surface area contributed by atoms with Crippen LogP contribution >= 0.6 is 0 Å². The lowest BCUT2D eigenvalue weighted by atomic mass is 9.94. The molecule has 1 fully saturated rings. The molecule has 0 aromatic heterocycles. The number of unbranched alkanes of at least 4 members (excludes halogenated alkanes) is 1. The van der Waals surface area contributed by atoms with Crippen LogP contribution in [0.1, 0.15) is 57.8 Å². The van der Waals surface area contributed by atoms with E-state index in [-0.39, 0.29) is 44.0 Å². The van der Waals surface area contributed by atoms with E-state index >= 15 is 0 Å². The molecule has 1 saturated carbocycles. The average molecular weight is 439 g/mol. The third-order valence-electron chi connectivity index (χ3n) is 5.31. The molecule has 0 aromatic carbocycles. The number of carbonyl (C=O) groups is 3. The fourth-order valence-corrected chi connectivity index (χ4v) is 3.61. The van der Waals surface area contributed by atoms with Crippen LogP contribution in [0.5, 0.6) is 0 Å². The molecule has 0 spiro atoms. The van der Waals surface area contributed by atoms with Crippen molar-refractivity contribution >= 4 is 17.8 Å². The molecule has 0 radical (unpaired) electrons. The lowest BCUT2D eigenvalue weighted by molar-refractivity contribution is -0.147. The topological polar surface area (TPSA) is 114 Å². The van der Waals surface area contributed by atoms with E-state index in [1.165, 1.54) is 0 Å². The second-order valence-electron chi connectivity index (χ2n) is 7.93. The first-order chi connectivity index (χ1) is 15.0. The third kappa shape index (κ3) is 11.1. The van der Waals surface area contributed by atoms with Crippen molar-refractivity contribution < 1.29 is 29.0 Å². The Morgan fingerprint density at radius 2 is 1.87 bits per heavy atom. The molecule has 31 heavy (non-hydrogen) atoms. The molecule has 1 atom stereocenters. The normalized spacial score (nSPS) is 15.6. The molecular weight excluding hydrogens is 400 g/mol. The molecule has 3 N–H and O–H groups in total. The summed E-state index contributed by atoms with van der Waals surface area (Å²) in [5.74, 6) is -1.29. The fourth-order valence-electron chi connectivity index (χ4n) is 3.61. The minimum atomic E-state index is -0.570. The number of aliphatic hydroxyl groups is 1. The highest BCUT2D eigenvalue weighted by molar-refractivity contribution is 5.86. The van der Waals surface area contributed by atoms with Gasteiger partial charge >= 0.3 is 5.97 Å². The van der Waals surface area contributed by atoms with Crippen molar-refractivity contribution in [1.82, 2.24) is 10.6 Å². The summed E-state index contributed by atoms with van der Waals surface area (Å²) in [4.78, 5) is 37.2. The highest BCUT2D eigenvalue weighted by atomic mass is 16.5. The van der Waals surface area contributed by atoms with Crippen LogP contribution in [-0.4, -0.2) is 61.4 Å². The van der Waals surface area contributed by atoms with Gasteiger partial charge in [-0.05, 0) is 32.1 Å². The van der Waals surface area contributed by atoms with Gasteiger partial charge in [0.1, 0.15) is 6.61 Å². The van der Waals surface area contributed by atoms with Gasteiger partial charge < -0.3 is 25.2 Å². The van der Waals surface area contributed by atoms with E-state index in [0.29, 0.717) is 32.4 Å². The first-order valence-electron chi connectivity index (χ1n) is 11.1. The number of aliphatic hydroxyl groups excluding tert-OH is 1. The zero-order valence-corrected chi connectivity index (χ0v) is 18.5. The molecule has 8 heteroatoms. The van der Waals surface area contributed by atoms with Gasteiger partial charge in [0.05, 0.1) is 31.3 Å². The van der Waals surface area contributed by atoms with Gasteiger partial charge in [-0.25, -0.2) is 0 Å². The SMILES string of the molecule is C=CCCCC(=O)OCC1(NC(=O)[C@H](CC=C)CC(=O)NCCOCCO)CCCC1. The summed E-state index contributed by atoms with van der Waals surface area (Å²) in [6.07, 6.45) is 8.99. The molecule has 0 unspecified atom stereocenters. The molecule has 176 valence electrons. The Balaban J connectivity index is 2.57. The van der Waals surface area contributed by atoms with Crippen LogP contribution in [0.15, 0.2) is 25.3 Å². The number of hydrogen-bond acceptors (Lipinski definition) is 6. The minimum Gasteiger partial charge on any atom is -0.463 e. The summed E-state index contributed by atoms with van der Waals surface area (Å²) in [6.45, 7) is 8.25. The first-order valence-corrected chi connectivity index (χ1v) is 11.1. The van der Waals surface area contributed by atoms with Crippen molar-refractivity contribution in [2.75, 3.05) is 33.0 Å². The Labute approximate surface area is 185 Å². The van der Waals surface area contributed by atoms with E-state index in [0.717, 1.165) is 32.1 Å². The van der Waals surface area contributed by atoms with Crippen LogP contribution in [0.25, 0.3) is 0 Å². The number of nitrogens with one attached hydrogen (secondary N) is 2. The van der Waals surface area contributed by atoms with E-state index in [1.54, 1.807) is 12.2 Å². The Hall–Kier alpha value is -2.19. The Morgan fingerprint density at radius 1 is 1.13 bits per heavy atom. The lowest BCUT2D eigenvalue weighted by Gasteiger charge is -2.31. The molecule has 0 saturated heterocycles. The standard InChI is InChI=1S/C23H38N2O6/c1-3-5-6-10-21(28)31-18-23(11-7-8-12-23)25-22(29)19(9-4-2)17-20(27)24-13-15-30-16-14-26/h3-4,19,26H,1-2,5-18H2,(H,24,27)(H,25,29)/t19-/m1/s1. The molecule has 1 rings (SSSR count). The van der Waals surface area contributed by atoms with Gasteiger partial charge in [-0.15, -0.1) is 13.2 Å². The van der Waals surface area contributed by atoms with Crippen molar-refractivity contribution in [2.45, 2.75) is 63.3 Å². The third-order valence-corrected chi connectivity index (χ3v) is 5.31. The number of amides is 2. The van der Waals surface area contributed by atoms with Crippen molar-refractivity contribution in [3.05, 3.63) is 25.3 Å². The van der Waals surface area contributed by atoms with E-state index < -0.39 is 11.5 Å². The predicted octanol–water partition coefficient (Wildman–Crippen LogP) is 2.02. The monoisotopic (exact) mass is 438 g/mol. The van der Waals surface area contributed by atoms with Crippen molar-refractivity contribution in [1.29, 1.82) is 0 Å². The quantitative estimate of drug-likeness (QED) is 0.182. The van der Waals surface area contributed by atoms with Gasteiger partial charge in [0, 0.05) is 19.4 Å². The van der Waals surface area contributed by atoms with Crippen LogP contribution < -0.4 is 10.6 Å². The summed E-state index contributed by atoms with van der Waals surface area (Å²) >= 11 is 0. The lowest BCUT2D eigenvalue weighted by Crippen LogP contribution is -2.52. The smallest absolute Gasteiger partial charge is 0.305 e. The number of hydrogen-bond donors (Lipinski definition) is 3. The van der Waals surface area contributed by atoms with Crippen molar-refractivity contribution in [3.8, 4) is 0 Å². The number of carbonyl (C=O) groups excluding carboxylic acids is 3. The molecular formula is C23H38N2O6. The Kier molecular flexibility index (Phi) is 13.5. The number of esters is 1. The second kappa shape index (κ2) is 15.6. The fraction of sp³-hybridized carbons (Fsp3) is 0.696. The second-order valence-corrected chi connectivity index (χ2v) is 7.93. The highest BCUT2D eigenvalue weighted by Crippen LogP contribution is 2.31. The average Bonchev–Trinajstić information content (AvgIpc) is 3.20. The largest absolute Gasteiger partial charge is 0.463 e. The molecule has 0 bridgehead atoms. The maximum atomic E-state index is 13.0. The first kappa shape index (κ1) is 26.8. The summed E-state index contributed by atoms with van der Waals surface area (Å²) in [7, 11) is 0. The van der Waals surface area contributed by atoms with Gasteiger partial charge in [0.2, 0.25) is 11.8 Å². The van der Waals surface area contributed by atoms with Crippen LogP contribution in [0.4, 0.5) is 0 Å². The van der Waals surface area contributed by atoms with E-state index in [2.05, 4.69) is 23.8 Å². The van der Waals surface area contributed by atoms with Crippen molar-refractivity contribution in [2.24, 2.45) is 5.92 Å². The predicted molar refractivity (Wildman–Crippen MR) is 118 cm³/mol. The van der Waals surface area contributed by atoms with E-state index in [1.807, 2.05) is 0 Å². The van der Waals surface area contributed by atoms with Gasteiger partial charge in [-0.2, -0.15) is 0 Å². The number of allylic oxidation sites excluding steroid dienone is 2. The molecule has 0 heterocycles. The summed E-state index contributed by atoms with van der Waals surface area (Å²) in [5, 5.41) is 14.5.